The minimum atomic E-state index is -1.80. The van der Waals surface area contributed by atoms with Crippen LogP contribution < -0.4 is 0 Å². The number of aliphatic hydroxyl groups is 1. The number of hydrogen-bond donors (Lipinski definition) is 1. The van der Waals surface area contributed by atoms with Gasteiger partial charge in [0.25, 0.3) is 0 Å². The second kappa shape index (κ2) is 6.10. The highest BCUT2D eigenvalue weighted by molar-refractivity contribution is 6.74. The van der Waals surface area contributed by atoms with Gasteiger partial charge in [0.15, 0.2) is 8.32 Å². The van der Waals surface area contributed by atoms with Crippen LogP contribution in [0.4, 0.5) is 0 Å². The van der Waals surface area contributed by atoms with Crippen LogP contribution in [0.3, 0.4) is 0 Å². The van der Waals surface area contributed by atoms with Crippen LogP contribution in [0.1, 0.15) is 61.3 Å². The third kappa shape index (κ3) is 3.73. The normalized spacial score (nSPS) is 36.8. The summed E-state index contributed by atoms with van der Waals surface area (Å²) < 4.78 is 6.86. The predicted molar refractivity (Wildman–Crippen MR) is 106 cm³/mol. The molecular weight excluding hydrogens is 312 g/mol. The summed E-state index contributed by atoms with van der Waals surface area (Å²) in [4.78, 5) is 0. The highest BCUT2D eigenvalue weighted by Gasteiger charge is 2.49. The summed E-state index contributed by atoms with van der Waals surface area (Å²) in [5.74, 6) is 0.836. The van der Waals surface area contributed by atoms with E-state index in [2.05, 4.69) is 66.8 Å². The molecule has 2 rings (SSSR count). The molecule has 0 amide bonds. The summed E-state index contributed by atoms with van der Waals surface area (Å²) in [6.07, 6.45) is 8.69. The van der Waals surface area contributed by atoms with E-state index >= 15 is 0 Å². The largest absolute Gasteiger partial charge is 0.413 e. The fraction of sp³-hybridized carbons (Fsp3) is 0.810. The lowest BCUT2D eigenvalue weighted by molar-refractivity contribution is -0.00237. The van der Waals surface area contributed by atoms with Gasteiger partial charge in [-0.1, -0.05) is 58.4 Å². The molecule has 2 nitrogen and oxygen atoms in total. The van der Waals surface area contributed by atoms with Crippen molar-refractivity contribution in [2.24, 2.45) is 17.3 Å². The van der Waals surface area contributed by atoms with E-state index in [9.17, 15) is 5.11 Å². The van der Waals surface area contributed by atoms with E-state index in [1.165, 1.54) is 5.57 Å². The molecule has 2 aliphatic rings. The maximum Gasteiger partial charge on any atom is 0.192 e. The van der Waals surface area contributed by atoms with Gasteiger partial charge < -0.3 is 9.53 Å². The Bertz CT molecular complexity index is 535. The van der Waals surface area contributed by atoms with Crippen molar-refractivity contribution in [2.75, 3.05) is 0 Å². The third-order valence-corrected chi connectivity index (χ3v) is 11.3. The molecule has 0 saturated carbocycles. The minimum absolute atomic E-state index is 0.0732. The van der Waals surface area contributed by atoms with E-state index < -0.39 is 13.9 Å². The fourth-order valence-electron chi connectivity index (χ4n) is 4.31. The lowest BCUT2D eigenvalue weighted by Crippen LogP contribution is -2.52. The minimum Gasteiger partial charge on any atom is -0.413 e. The van der Waals surface area contributed by atoms with Crippen molar-refractivity contribution in [1.82, 2.24) is 0 Å². The Labute approximate surface area is 150 Å². The van der Waals surface area contributed by atoms with E-state index in [0.717, 1.165) is 12.8 Å². The molecule has 0 saturated heterocycles. The zero-order valence-corrected chi connectivity index (χ0v) is 18.2. The van der Waals surface area contributed by atoms with Crippen molar-refractivity contribution >= 4 is 8.32 Å². The molecule has 2 aliphatic carbocycles. The van der Waals surface area contributed by atoms with Crippen molar-refractivity contribution in [2.45, 2.75) is 91.1 Å². The molecule has 4 atom stereocenters. The van der Waals surface area contributed by atoms with Gasteiger partial charge in [0.2, 0.25) is 0 Å². The first-order valence-electron chi connectivity index (χ1n) is 9.44. The lowest BCUT2D eigenvalue weighted by atomic mass is 9.61. The quantitative estimate of drug-likeness (QED) is 0.523. The number of hydrogen-bond acceptors (Lipinski definition) is 2. The molecule has 3 heteroatoms. The van der Waals surface area contributed by atoms with Gasteiger partial charge in [-0.05, 0) is 62.1 Å². The molecule has 0 heterocycles. The molecular formula is C21H38O2Si. The van der Waals surface area contributed by atoms with Crippen LogP contribution in [0.5, 0.6) is 0 Å². The Morgan fingerprint density at radius 1 is 1.21 bits per heavy atom. The number of rotatable bonds is 3. The molecule has 0 spiro atoms. The van der Waals surface area contributed by atoms with Crippen molar-refractivity contribution in [3.63, 3.8) is 0 Å². The van der Waals surface area contributed by atoms with E-state index in [4.69, 9.17) is 4.43 Å². The van der Waals surface area contributed by atoms with Gasteiger partial charge in [-0.15, -0.1) is 0 Å². The molecule has 2 unspecified atom stereocenters. The Balaban J connectivity index is 2.27. The van der Waals surface area contributed by atoms with Gasteiger partial charge in [0.05, 0.1) is 11.7 Å². The van der Waals surface area contributed by atoms with Crippen molar-refractivity contribution < 1.29 is 9.53 Å². The molecule has 138 valence electrons. The van der Waals surface area contributed by atoms with Crippen LogP contribution in [0.2, 0.25) is 18.1 Å². The molecule has 1 N–H and O–H groups in total. The average molecular weight is 351 g/mol. The van der Waals surface area contributed by atoms with Gasteiger partial charge >= 0.3 is 0 Å². The van der Waals surface area contributed by atoms with Crippen LogP contribution in [0.25, 0.3) is 0 Å². The molecule has 24 heavy (non-hydrogen) atoms. The zero-order chi connectivity index (χ0) is 18.6. The smallest absolute Gasteiger partial charge is 0.192 e. The molecule has 0 aliphatic heterocycles. The third-order valence-electron chi connectivity index (χ3n) is 6.80. The van der Waals surface area contributed by atoms with Crippen molar-refractivity contribution in [1.29, 1.82) is 0 Å². The summed E-state index contributed by atoms with van der Waals surface area (Å²) in [6, 6.07) is 0. The molecule has 0 aromatic carbocycles. The van der Waals surface area contributed by atoms with Gasteiger partial charge in [-0.3, -0.25) is 0 Å². The van der Waals surface area contributed by atoms with E-state index in [1.54, 1.807) is 0 Å². The summed E-state index contributed by atoms with van der Waals surface area (Å²) in [7, 11) is -1.80. The second-order valence-corrected chi connectivity index (χ2v) is 15.2. The van der Waals surface area contributed by atoms with Crippen LogP contribution in [0.15, 0.2) is 23.8 Å². The molecule has 0 radical (unpaired) electrons. The van der Waals surface area contributed by atoms with Crippen molar-refractivity contribution in [3.05, 3.63) is 23.8 Å². The summed E-state index contributed by atoms with van der Waals surface area (Å²) >= 11 is 0. The first-order valence-corrected chi connectivity index (χ1v) is 12.3. The molecule has 0 bridgehead atoms. The van der Waals surface area contributed by atoms with E-state index in [0.29, 0.717) is 11.8 Å². The first kappa shape index (κ1) is 19.9. The SMILES string of the molecule is CC1=CC[C@H](O[Si](C)(C)C(C)(C)C)C(C)(C)[C@@H]1C1C=CC(C)(O)C1. The predicted octanol–water partition coefficient (Wildman–Crippen LogP) is 5.70. The monoisotopic (exact) mass is 350 g/mol. The number of allylic oxidation sites excluding steroid dienone is 2. The fourth-order valence-corrected chi connectivity index (χ4v) is 5.77. The van der Waals surface area contributed by atoms with E-state index in [-0.39, 0.29) is 16.6 Å². The van der Waals surface area contributed by atoms with Gasteiger partial charge in [0, 0.05) is 0 Å². The van der Waals surface area contributed by atoms with Crippen LogP contribution in [0, 0.1) is 17.3 Å². The highest BCUT2D eigenvalue weighted by Crippen LogP contribution is 2.52. The Kier molecular flexibility index (Phi) is 5.07. The maximum atomic E-state index is 10.4. The van der Waals surface area contributed by atoms with Gasteiger partial charge in [-0.25, -0.2) is 0 Å². The topological polar surface area (TPSA) is 29.5 Å². The lowest BCUT2D eigenvalue weighted by Gasteiger charge is -2.51. The Morgan fingerprint density at radius 3 is 2.25 bits per heavy atom. The highest BCUT2D eigenvalue weighted by atomic mass is 28.4. The maximum absolute atomic E-state index is 10.4. The Morgan fingerprint density at radius 2 is 1.79 bits per heavy atom. The van der Waals surface area contributed by atoms with Crippen LogP contribution >= 0.6 is 0 Å². The molecule has 0 aromatic heterocycles. The standard InChI is InChI=1S/C21H38O2Si/c1-15-10-11-17(23-24(8,9)19(2,3)4)20(5,6)18(15)16-12-13-21(7,22)14-16/h10,12-13,16-18,22H,11,14H2,1-9H3/t16?,17-,18-,21?/m0/s1. The average Bonchev–Trinajstić information content (AvgIpc) is 2.71. The first-order chi connectivity index (χ1) is 10.7. The summed E-state index contributed by atoms with van der Waals surface area (Å²) in [5.41, 5.74) is 0.875. The molecule has 0 aromatic rings. The van der Waals surface area contributed by atoms with E-state index in [1.807, 2.05) is 13.0 Å². The zero-order valence-electron chi connectivity index (χ0n) is 17.2. The van der Waals surface area contributed by atoms with Crippen LogP contribution in [-0.4, -0.2) is 25.1 Å². The van der Waals surface area contributed by atoms with Gasteiger partial charge in [0.1, 0.15) is 0 Å². The summed E-state index contributed by atoms with van der Waals surface area (Å²) in [6.45, 7) is 20.5. The Hall–Kier alpha value is -0.383. The van der Waals surface area contributed by atoms with Crippen molar-refractivity contribution in [3.8, 4) is 0 Å². The van der Waals surface area contributed by atoms with Gasteiger partial charge in [-0.2, -0.15) is 0 Å². The van der Waals surface area contributed by atoms with Crippen LogP contribution in [-0.2, 0) is 4.43 Å². The second-order valence-electron chi connectivity index (χ2n) is 10.4. The molecule has 0 fully saturated rings. The summed E-state index contributed by atoms with van der Waals surface area (Å²) in [5, 5.41) is 10.6.